The van der Waals surface area contributed by atoms with E-state index in [4.69, 9.17) is 4.74 Å². The van der Waals surface area contributed by atoms with Crippen LogP contribution in [0.2, 0.25) is 0 Å². The highest BCUT2D eigenvalue weighted by Crippen LogP contribution is 2.30. The number of carbonyl (C=O) groups excluding carboxylic acids is 3. The number of hydrogen-bond acceptors (Lipinski definition) is 4. The third kappa shape index (κ3) is 3.29. The predicted octanol–water partition coefficient (Wildman–Crippen LogP) is 3.72. The summed E-state index contributed by atoms with van der Waals surface area (Å²) in [5.41, 5.74) is 2.68. The first-order valence-corrected chi connectivity index (χ1v) is 8.13. The second-order valence-electron chi connectivity index (χ2n) is 6.16. The summed E-state index contributed by atoms with van der Waals surface area (Å²) in [5.74, 6) is -0.559. The van der Waals surface area contributed by atoms with Gasteiger partial charge in [0, 0.05) is 29.2 Å². The van der Waals surface area contributed by atoms with Gasteiger partial charge in [-0.05, 0) is 24.0 Å². The molecule has 0 amide bonds. The van der Waals surface area contributed by atoms with Crippen LogP contribution in [0.15, 0.2) is 54.8 Å². The fourth-order valence-corrected chi connectivity index (χ4v) is 3.07. The van der Waals surface area contributed by atoms with Crippen molar-refractivity contribution in [2.24, 2.45) is 5.92 Å². The summed E-state index contributed by atoms with van der Waals surface area (Å²) in [7, 11) is 0. The molecule has 4 nitrogen and oxygen atoms in total. The van der Waals surface area contributed by atoms with Crippen molar-refractivity contribution < 1.29 is 19.1 Å². The molecule has 0 N–H and O–H groups in total. The van der Waals surface area contributed by atoms with Crippen LogP contribution in [-0.4, -0.2) is 17.5 Å². The SMILES string of the molecule is CC(=O)O/C=C/C(C)Cc1cccc2c1C(=O)c1ccccc1C2=O. The second-order valence-corrected chi connectivity index (χ2v) is 6.16. The first kappa shape index (κ1) is 16.8. The molecule has 0 heterocycles. The van der Waals surface area contributed by atoms with Gasteiger partial charge in [-0.25, -0.2) is 0 Å². The van der Waals surface area contributed by atoms with Crippen molar-refractivity contribution in [2.75, 3.05) is 0 Å². The van der Waals surface area contributed by atoms with Crippen molar-refractivity contribution in [1.29, 1.82) is 0 Å². The molecule has 126 valence electrons. The van der Waals surface area contributed by atoms with E-state index in [9.17, 15) is 14.4 Å². The zero-order chi connectivity index (χ0) is 18.0. The second kappa shape index (κ2) is 6.85. The maximum Gasteiger partial charge on any atom is 0.307 e. The lowest BCUT2D eigenvalue weighted by atomic mass is 9.80. The van der Waals surface area contributed by atoms with E-state index in [0.29, 0.717) is 28.7 Å². The average Bonchev–Trinajstić information content (AvgIpc) is 2.59. The molecule has 0 saturated carbocycles. The number of hydrogen-bond donors (Lipinski definition) is 0. The van der Waals surface area contributed by atoms with Crippen molar-refractivity contribution in [1.82, 2.24) is 0 Å². The Balaban J connectivity index is 1.94. The average molecular weight is 334 g/mol. The summed E-state index contributed by atoms with van der Waals surface area (Å²) in [6, 6.07) is 12.3. The van der Waals surface area contributed by atoms with Gasteiger partial charge >= 0.3 is 5.97 Å². The smallest absolute Gasteiger partial charge is 0.307 e. The Hall–Kier alpha value is -3.01. The maximum absolute atomic E-state index is 12.9. The highest BCUT2D eigenvalue weighted by atomic mass is 16.5. The first-order valence-electron chi connectivity index (χ1n) is 8.13. The summed E-state index contributed by atoms with van der Waals surface area (Å²) in [6.45, 7) is 3.30. The van der Waals surface area contributed by atoms with E-state index < -0.39 is 0 Å². The van der Waals surface area contributed by atoms with E-state index in [1.54, 1.807) is 42.5 Å². The molecule has 0 bridgehead atoms. The van der Waals surface area contributed by atoms with E-state index in [0.717, 1.165) is 5.56 Å². The van der Waals surface area contributed by atoms with Crippen molar-refractivity contribution in [3.8, 4) is 0 Å². The predicted molar refractivity (Wildman–Crippen MR) is 93.5 cm³/mol. The summed E-state index contributed by atoms with van der Waals surface area (Å²) < 4.78 is 4.81. The van der Waals surface area contributed by atoms with Gasteiger partial charge in [0.2, 0.25) is 0 Å². The quantitative estimate of drug-likeness (QED) is 0.539. The number of benzene rings is 2. The van der Waals surface area contributed by atoms with Crippen LogP contribution in [0.1, 0.15) is 51.3 Å². The molecule has 0 saturated heterocycles. The van der Waals surface area contributed by atoms with Crippen molar-refractivity contribution in [2.45, 2.75) is 20.3 Å². The fourth-order valence-electron chi connectivity index (χ4n) is 3.07. The van der Waals surface area contributed by atoms with Gasteiger partial charge < -0.3 is 4.74 Å². The lowest BCUT2D eigenvalue weighted by molar-refractivity contribution is -0.135. The lowest BCUT2D eigenvalue weighted by Crippen LogP contribution is -2.23. The van der Waals surface area contributed by atoms with Crippen LogP contribution in [0.3, 0.4) is 0 Å². The number of ketones is 2. The van der Waals surface area contributed by atoms with Gasteiger partial charge in [0.25, 0.3) is 0 Å². The minimum atomic E-state index is -0.377. The summed E-state index contributed by atoms with van der Waals surface area (Å²) >= 11 is 0. The van der Waals surface area contributed by atoms with E-state index >= 15 is 0 Å². The molecular formula is C21H18O4. The Kier molecular flexibility index (Phi) is 4.61. The number of ether oxygens (including phenoxy) is 1. The number of allylic oxidation sites excluding steroid dienone is 1. The third-order valence-electron chi connectivity index (χ3n) is 4.22. The van der Waals surface area contributed by atoms with Gasteiger partial charge in [0.05, 0.1) is 6.26 Å². The van der Waals surface area contributed by atoms with Crippen LogP contribution in [0, 0.1) is 5.92 Å². The zero-order valence-corrected chi connectivity index (χ0v) is 14.1. The Morgan fingerprint density at radius 2 is 1.64 bits per heavy atom. The van der Waals surface area contributed by atoms with Crippen molar-refractivity contribution >= 4 is 17.5 Å². The number of rotatable bonds is 4. The highest BCUT2D eigenvalue weighted by molar-refractivity contribution is 6.28. The molecule has 2 aromatic carbocycles. The Labute approximate surface area is 146 Å². The Morgan fingerprint density at radius 1 is 1.00 bits per heavy atom. The van der Waals surface area contributed by atoms with E-state index in [1.807, 2.05) is 13.0 Å². The molecule has 25 heavy (non-hydrogen) atoms. The van der Waals surface area contributed by atoms with Gasteiger partial charge in [-0.1, -0.05) is 49.4 Å². The topological polar surface area (TPSA) is 60.4 Å². The van der Waals surface area contributed by atoms with Crippen LogP contribution < -0.4 is 0 Å². The molecule has 1 aliphatic rings. The molecule has 1 unspecified atom stereocenters. The molecule has 0 fully saturated rings. The molecule has 1 aliphatic carbocycles. The van der Waals surface area contributed by atoms with Gasteiger partial charge in [-0.3, -0.25) is 14.4 Å². The molecule has 0 aromatic heterocycles. The summed E-state index contributed by atoms with van der Waals surface area (Å²) in [5, 5.41) is 0. The summed E-state index contributed by atoms with van der Waals surface area (Å²) in [4.78, 5) is 36.4. The molecule has 0 aliphatic heterocycles. The van der Waals surface area contributed by atoms with Crippen molar-refractivity contribution in [3.63, 3.8) is 0 Å². The third-order valence-corrected chi connectivity index (χ3v) is 4.22. The van der Waals surface area contributed by atoms with E-state index in [1.165, 1.54) is 13.2 Å². The van der Waals surface area contributed by atoms with Gasteiger partial charge in [0.15, 0.2) is 11.6 Å². The van der Waals surface area contributed by atoms with E-state index in [-0.39, 0.29) is 23.5 Å². The van der Waals surface area contributed by atoms with Gasteiger partial charge in [-0.15, -0.1) is 0 Å². The number of carbonyl (C=O) groups is 3. The highest BCUT2D eigenvalue weighted by Gasteiger charge is 2.31. The molecule has 0 spiro atoms. The minimum Gasteiger partial charge on any atom is -0.435 e. The van der Waals surface area contributed by atoms with Gasteiger partial charge in [-0.2, -0.15) is 0 Å². The standard InChI is InChI=1S/C21H18O4/c1-13(10-11-25-14(2)22)12-15-6-5-9-18-19(15)21(24)17-8-4-3-7-16(17)20(18)23/h3-11,13H,12H2,1-2H3/b11-10+. The zero-order valence-electron chi connectivity index (χ0n) is 14.1. The molecular weight excluding hydrogens is 316 g/mol. The molecule has 0 radical (unpaired) electrons. The van der Waals surface area contributed by atoms with Crippen LogP contribution in [0.25, 0.3) is 0 Å². The Bertz CT molecular complexity index is 893. The van der Waals surface area contributed by atoms with Crippen LogP contribution >= 0.6 is 0 Å². The summed E-state index contributed by atoms with van der Waals surface area (Å²) in [6.07, 6.45) is 3.71. The van der Waals surface area contributed by atoms with Crippen LogP contribution in [0.5, 0.6) is 0 Å². The number of esters is 1. The molecule has 1 atom stereocenters. The van der Waals surface area contributed by atoms with Gasteiger partial charge in [0.1, 0.15) is 0 Å². The molecule has 3 rings (SSSR count). The minimum absolute atomic E-state index is 0.0472. The maximum atomic E-state index is 12.9. The van der Waals surface area contributed by atoms with Crippen LogP contribution in [-0.2, 0) is 16.0 Å². The number of fused-ring (bicyclic) bond motifs is 2. The monoisotopic (exact) mass is 334 g/mol. The lowest BCUT2D eigenvalue weighted by Gasteiger charge is -2.20. The Morgan fingerprint density at radius 3 is 2.32 bits per heavy atom. The molecule has 2 aromatic rings. The largest absolute Gasteiger partial charge is 0.435 e. The molecule has 4 heteroatoms. The van der Waals surface area contributed by atoms with Crippen LogP contribution in [0.4, 0.5) is 0 Å². The van der Waals surface area contributed by atoms with Crippen molar-refractivity contribution in [3.05, 3.63) is 82.6 Å². The fraction of sp³-hybridized carbons (Fsp3) is 0.190. The first-order chi connectivity index (χ1) is 12.0. The normalized spacial score (nSPS) is 14.2. The van der Waals surface area contributed by atoms with E-state index in [2.05, 4.69) is 0 Å².